The van der Waals surface area contributed by atoms with Crippen molar-refractivity contribution in [3.63, 3.8) is 0 Å². The lowest BCUT2D eigenvalue weighted by Crippen LogP contribution is -1.90. The van der Waals surface area contributed by atoms with Gasteiger partial charge in [-0.15, -0.1) is 11.8 Å². The summed E-state index contributed by atoms with van der Waals surface area (Å²) in [4.78, 5) is 1.12. The van der Waals surface area contributed by atoms with E-state index in [1.54, 1.807) is 11.8 Å². The SMILES string of the molecule is CNc1cccc(-c2ccc(N)c(SC)c2)c1. The van der Waals surface area contributed by atoms with Gasteiger partial charge in [0.15, 0.2) is 0 Å². The topological polar surface area (TPSA) is 38.0 Å². The van der Waals surface area contributed by atoms with Crippen molar-refractivity contribution in [2.45, 2.75) is 4.90 Å². The van der Waals surface area contributed by atoms with Gasteiger partial charge in [-0.25, -0.2) is 0 Å². The summed E-state index contributed by atoms with van der Waals surface area (Å²) in [6.07, 6.45) is 2.04. The van der Waals surface area contributed by atoms with Crippen LogP contribution in [-0.2, 0) is 0 Å². The van der Waals surface area contributed by atoms with Crippen LogP contribution < -0.4 is 11.1 Å². The maximum absolute atomic E-state index is 5.90. The molecule has 0 spiro atoms. The quantitative estimate of drug-likeness (QED) is 0.638. The summed E-state index contributed by atoms with van der Waals surface area (Å²) in [6.45, 7) is 0. The molecular weight excluding hydrogens is 228 g/mol. The number of hydrogen-bond acceptors (Lipinski definition) is 3. The number of nitrogens with one attached hydrogen (secondary N) is 1. The van der Waals surface area contributed by atoms with E-state index in [2.05, 4.69) is 41.7 Å². The van der Waals surface area contributed by atoms with E-state index in [-0.39, 0.29) is 0 Å². The van der Waals surface area contributed by atoms with E-state index in [0.717, 1.165) is 16.3 Å². The summed E-state index contributed by atoms with van der Waals surface area (Å²) in [5.41, 5.74) is 10.3. The van der Waals surface area contributed by atoms with Crippen molar-refractivity contribution in [3.05, 3.63) is 42.5 Å². The third-order valence-corrected chi connectivity index (χ3v) is 3.51. The van der Waals surface area contributed by atoms with Crippen molar-refractivity contribution in [2.75, 3.05) is 24.4 Å². The van der Waals surface area contributed by atoms with Gasteiger partial charge in [0, 0.05) is 23.3 Å². The summed E-state index contributed by atoms with van der Waals surface area (Å²) in [5.74, 6) is 0. The second-order valence-electron chi connectivity index (χ2n) is 3.79. The number of benzene rings is 2. The molecule has 3 heteroatoms. The molecule has 0 bridgehead atoms. The molecule has 0 heterocycles. The number of thioether (sulfide) groups is 1. The van der Waals surface area contributed by atoms with Gasteiger partial charge < -0.3 is 11.1 Å². The molecule has 0 aliphatic heterocycles. The highest BCUT2D eigenvalue weighted by Gasteiger charge is 2.02. The van der Waals surface area contributed by atoms with Crippen LogP contribution in [0, 0.1) is 0 Å². The van der Waals surface area contributed by atoms with Gasteiger partial charge in [-0.05, 0) is 41.6 Å². The molecule has 2 aromatic rings. The third kappa shape index (κ3) is 2.56. The predicted molar refractivity (Wildman–Crippen MR) is 77.6 cm³/mol. The molecule has 2 rings (SSSR count). The number of hydrogen-bond donors (Lipinski definition) is 2. The lowest BCUT2D eigenvalue weighted by atomic mass is 10.0. The van der Waals surface area contributed by atoms with Crippen molar-refractivity contribution in [1.29, 1.82) is 0 Å². The highest BCUT2D eigenvalue weighted by molar-refractivity contribution is 7.98. The van der Waals surface area contributed by atoms with Gasteiger partial charge in [-0.2, -0.15) is 0 Å². The minimum atomic E-state index is 0.839. The zero-order chi connectivity index (χ0) is 12.3. The minimum absolute atomic E-state index is 0.839. The number of nitrogen functional groups attached to an aromatic ring is 1. The number of anilines is 2. The molecule has 2 nitrogen and oxygen atoms in total. The highest BCUT2D eigenvalue weighted by Crippen LogP contribution is 2.30. The molecule has 0 atom stereocenters. The largest absolute Gasteiger partial charge is 0.398 e. The maximum atomic E-state index is 5.90. The first-order valence-electron chi connectivity index (χ1n) is 5.46. The molecule has 3 N–H and O–H groups in total. The average Bonchev–Trinajstić information content (AvgIpc) is 2.39. The van der Waals surface area contributed by atoms with E-state index < -0.39 is 0 Å². The Morgan fingerprint density at radius 2 is 1.82 bits per heavy atom. The Hall–Kier alpha value is -1.61. The smallest absolute Gasteiger partial charge is 0.0452 e. The molecule has 0 fully saturated rings. The molecule has 2 aromatic carbocycles. The van der Waals surface area contributed by atoms with Crippen LogP contribution >= 0.6 is 11.8 Å². The molecule has 0 aliphatic rings. The van der Waals surface area contributed by atoms with Gasteiger partial charge in [0.2, 0.25) is 0 Å². The van der Waals surface area contributed by atoms with E-state index in [1.165, 1.54) is 11.1 Å². The van der Waals surface area contributed by atoms with Crippen LogP contribution in [0.25, 0.3) is 11.1 Å². The van der Waals surface area contributed by atoms with Crippen LogP contribution in [0.2, 0.25) is 0 Å². The normalized spacial score (nSPS) is 10.2. The highest BCUT2D eigenvalue weighted by atomic mass is 32.2. The van der Waals surface area contributed by atoms with Crippen LogP contribution in [0.5, 0.6) is 0 Å². The third-order valence-electron chi connectivity index (χ3n) is 2.72. The first kappa shape index (κ1) is 11.9. The standard InChI is InChI=1S/C14H16N2S/c1-16-12-5-3-4-10(8-12)11-6-7-13(15)14(9-11)17-2/h3-9,16H,15H2,1-2H3. The first-order valence-corrected chi connectivity index (χ1v) is 6.69. The Morgan fingerprint density at radius 3 is 2.53 bits per heavy atom. The molecule has 0 amide bonds. The molecular formula is C14H16N2S. The maximum Gasteiger partial charge on any atom is 0.0452 e. The lowest BCUT2D eigenvalue weighted by Gasteiger charge is -2.08. The predicted octanol–water partition coefficient (Wildman–Crippen LogP) is 3.70. The summed E-state index contributed by atoms with van der Waals surface area (Å²) in [5, 5.41) is 3.15. The van der Waals surface area contributed by atoms with Gasteiger partial charge in [0.05, 0.1) is 0 Å². The number of rotatable bonds is 3. The summed E-state index contributed by atoms with van der Waals surface area (Å²) in [6, 6.07) is 14.5. The second-order valence-corrected chi connectivity index (χ2v) is 4.64. The number of nitrogens with two attached hydrogens (primary N) is 1. The van der Waals surface area contributed by atoms with Gasteiger partial charge in [0.1, 0.15) is 0 Å². The molecule has 0 radical (unpaired) electrons. The van der Waals surface area contributed by atoms with Crippen molar-refractivity contribution < 1.29 is 0 Å². The Kier molecular flexibility index (Phi) is 3.59. The Balaban J connectivity index is 2.45. The summed E-state index contributed by atoms with van der Waals surface area (Å²) < 4.78 is 0. The Bertz CT molecular complexity index is 523. The van der Waals surface area contributed by atoms with Crippen LogP contribution in [-0.4, -0.2) is 13.3 Å². The molecule has 0 saturated heterocycles. The van der Waals surface area contributed by atoms with Gasteiger partial charge in [-0.3, -0.25) is 0 Å². The van der Waals surface area contributed by atoms with Gasteiger partial charge in [0.25, 0.3) is 0 Å². The van der Waals surface area contributed by atoms with E-state index >= 15 is 0 Å². The zero-order valence-electron chi connectivity index (χ0n) is 10.0. The van der Waals surface area contributed by atoms with Crippen LogP contribution in [0.4, 0.5) is 11.4 Å². The first-order chi connectivity index (χ1) is 8.24. The Labute approximate surface area is 106 Å². The monoisotopic (exact) mass is 244 g/mol. The van der Waals surface area contributed by atoms with Gasteiger partial charge >= 0.3 is 0 Å². The fourth-order valence-electron chi connectivity index (χ4n) is 1.74. The van der Waals surface area contributed by atoms with Gasteiger partial charge in [-0.1, -0.05) is 18.2 Å². The van der Waals surface area contributed by atoms with Crippen LogP contribution in [0.15, 0.2) is 47.4 Å². The molecule has 0 saturated carbocycles. The van der Waals surface area contributed by atoms with Crippen molar-refractivity contribution in [2.24, 2.45) is 0 Å². The zero-order valence-corrected chi connectivity index (χ0v) is 10.8. The summed E-state index contributed by atoms with van der Waals surface area (Å²) in [7, 11) is 1.93. The van der Waals surface area contributed by atoms with E-state index in [9.17, 15) is 0 Å². The van der Waals surface area contributed by atoms with E-state index in [1.807, 2.05) is 19.4 Å². The van der Waals surface area contributed by atoms with Crippen LogP contribution in [0.1, 0.15) is 0 Å². The van der Waals surface area contributed by atoms with Crippen LogP contribution in [0.3, 0.4) is 0 Å². The fourth-order valence-corrected chi connectivity index (χ4v) is 2.29. The molecule has 0 aliphatic carbocycles. The van der Waals surface area contributed by atoms with Crippen molar-refractivity contribution >= 4 is 23.1 Å². The fraction of sp³-hybridized carbons (Fsp3) is 0.143. The Morgan fingerprint density at radius 1 is 1.06 bits per heavy atom. The molecule has 0 unspecified atom stereocenters. The average molecular weight is 244 g/mol. The lowest BCUT2D eigenvalue weighted by molar-refractivity contribution is 1.45. The van der Waals surface area contributed by atoms with Crippen molar-refractivity contribution in [3.8, 4) is 11.1 Å². The molecule has 88 valence electrons. The van der Waals surface area contributed by atoms with E-state index in [0.29, 0.717) is 0 Å². The molecule has 17 heavy (non-hydrogen) atoms. The van der Waals surface area contributed by atoms with Crippen molar-refractivity contribution in [1.82, 2.24) is 0 Å². The minimum Gasteiger partial charge on any atom is -0.398 e. The summed E-state index contributed by atoms with van der Waals surface area (Å²) >= 11 is 1.67. The van der Waals surface area contributed by atoms with E-state index in [4.69, 9.17) is 5.73 Å². The molecule has 0 aromatic heterocycles. The second kappa shape index (κ2) is 5.15.